The number of carbonyl (C=O) groups excluding carboxylic acids is 1. The third-order valence-corrected chi connectivity index (χ3v) is 4.80. The number of fused-ring (bicyclic) bond motifs is 1. The summed E-state index contributed by atoms with van der Waals surface area (Å²) in [7, 11) is 1.94. The number of rotatable bonds is 5. The van der Waals surface area contributed by atoms with Crippen molar-refractivity contribution in [1.29, 1.82) is 0 Å². The molecule has 1 aromatic heterocycles. The molecule has 5 heteroatoms. The SMILES string of the molecule is CN(C[C@H]1CCn2ccnc2C1)C(=O)CC[C@H]1CCOC1. The summed E-state index contributed by atoms with van der Waals surface area (Å²) in [5.41, 5.74) is 0. The fraction of sp³-hybridized carbons (Fsp3) is 0.750. The molecule has 0 radical (unpaired) electrons. The van der Waals surface area contributed by atoms with Gasteiger partial charge in [-0.25, -0.2) is 4.98 Å². The first-order valence-electron chi connectivity index (χ1n) is 8.04. The number of imidazole rings is 1. The Morgan fingerprint density at radius 3 is 3.19 bits per heavy atom. The summed E-state index contributed by atoms with van der Waals surface area (Å²) < 4.78 is 7.58. The van der Waals surface area contributed by atoms with Crippen LogP contribution in [0.4, 0.5) is 0 Å². The van der Waals surface area contributed by atoms with Crippen LogP contribution in [0.2, 0.25) is 0 Å². The van der Waals surface area contributed by atoms with Crippen molar-refractivity contribution in [3.8, 4) is 0 Å². The minimum Gasteiger partial charge on any atom is -0.381 e. The average molecular weight is 291 g/mol. The van der Waals surface area contributed by atoms with Gasteiger partial charge in [0.25, 0.3) is 0 Å². The number of carbonyl (C=O) groups is 1. The molecule has 2 aliphatic rings. The van der Waals surface area contributed by atoms with Crippen LogP contribution in [-0.4, -0.2) is 47.2 Å². The molecular formula is C16H25N3O2. The van der Waals surface area contributed by atoms with Crippen molar-refractivity contribution in [2.75, 3.05) is 26.8 Å². The van der Waals surface area contributed by atoms with Crippen LogP contribution in [0, 0.1) is 11.8 Å². The molecule has 2 atom stereocenters. The highest BCUT2D eigenvalue weighted by molar-refractivity contribution is 5.75. The van der Waals surface area contributed by atoms with Crippen molar-refractivity contribution in [1.82, 2.24) is 14.5 Å². The summed E-state index contributed by atoms with van der Waals surface area (Å²) in [5, 5.41) is 0. The van der Waals surface area contributed by atoms with E-state index in [-0.39, 0.29) is 5.91 Å². The number of aromatic nitrogens is 2. The zero-order chi connectivity index (χ0) is 14.7. The van der Waals surface area contributed by atoms with E-state index in [0.29, 0.717) is 18.3 Å². The van der Waals surface area contributed by atoms with Crippen LogP contribution in [-0.2, 0) is 22.5 Å². The quantitative estimate of drug-likeness (QED) is 0.830. The van der Waals surface area contributed by atoms with Crippen LogP contribution in [0.15, 0.2) is 12.4 Å². The van der Waals surface area contributed by atoms with Crippen molar-refractivity contribution < 1.29 is 9.53 Å². The molecule has 21 heavy (non-hydrogen) atoms. The Kier molecular flexibility index (Phi) is 4.58. The van der Waals surface area contributed by atoms with Crippen molar-refractivity contribution in [2.45, 2.75) is 38.6 Å². The Balaban J connectivity index is 1.43. The first-order valence-corrected chi connectivity index (χ1v) is 8.04. The summed E-state index contributed by atoms with van der Waals surface area (Å²) in [6.07, 6.45) is 8.78. The third-order valence-electron chi connectivity index (χ3n) is 4.80. The number of amides is 1. The van der Waals surface area contributed by atoms with Gasteiger partial charge in [-0.3, -0.25) is 4.79 Å². The van der Waals surface area contributed by atoms with E-state index >= 15 is 0 Å². The topological polar surface area (TPSA) is 47.4 Å². The van der Waals surface area contributed by atoms with E-state index in [1.54, 1.807) is 0 Å². The van der Waals surface area contributed by atoms with E-state index in [0.717, 1.165) is 57.8 Å². The second-order valence-electron chi connectivity index (χ2n) is 6.44. The van der Waals surface area contributed by atoms with Gasteiger partial charge in [-0.1, -0.05) is 0 Å². The summed E-state index contributed by atoms with van der Waals surface area (Å²) in [5.74, 6) is 2.57. The zero-order valence-corrected chi connectivity index (χ0v) is 12.8. The number of ether oxygens (including phenoxy) is 1. The highest BCUT2D eigenvalue weighted by Crippen LogP contribution is 2.21. The summed E-state index contributed by atoms with van der Waals surface area (Å²) in [6.45, 7) is 3.58. The average Bonchev–Trinajstić information content (AvgIpc) is 3.15. The highest BCUT2D eigenvalue weighted by atomic mass is 16.5. The molecule has 1 fully saturated rings. The van der Waals surface area contributed by atoms with Gasteiger partial charge in [-0.05, 0) is 31.1 Å². The van der Waals surface area contributed by atoms with Crippen molar-refractivity contribution in [2.24, 2.45) is 11.8 Å². The number of hydrogen-bond acceptors (Lipinski definition) is 3. The predicted molar refractivity (Wildman–Crippen MR) is 79.8 cm³/mol. The van der Waals surface area contributed by atoms with E-state index in [9.17, 15) is 4.79 Å². The molecule has 0 N–H and O–H groups in total. The molecule has 0 aromatic carbocycles. The van der Waals surface area contributed by atoms with Gasteiger partial charge in [0.15, 0.2) is 0 Å². The van der Waals surface area contributed by atoms with Crippen LogP contribution < -0.4 is 0 Å². The van der Waals surface area contributed by atoms with Gasteiger partial charge >= 0.3 is 0 Å². The lowest BCUT2D eigenvalue weighted by molar-refractivity contribution is -0.130. The molecule has 116 valence electrons. The largest absolute Gasteiger partial charge is 0.381 e. The fourth-order valence-corrected chi connectivity index (χ4v) is 3.39. The molecule has 1 aromatic rings. The van der Waals surface area contributed by atoms with Crippen LogP contribution in [0.5, 0.6) is 0 Å². The minimum atomic E-state index is 0.274. The van der Waals surface area contributed by atoms with Gasteiger partial charge in [-0.15, -0.1) is 0 Å². The van der Waals surface area contributed by atoms with Crippen molar-refractivity contribution >= 4 is 5.91 Å². The van der Waals surface area contributed by atoms with Gasteiger partial charge in [0.1, 0.15) is 5.82 Å². The molecule has 0 bridgehead atoms. The van der Waals surface area contributed by atoms with Gasteiger partial charge in [-0.2, -0.15) is 0 Å². The summed E-state index contributed by atoms with van der Waals surface area (Å²) in [6, 6.07) is 0. The number of nitrogens with zero attached hydrogens (tertiary/aromatic N) is 3. The Morgan fingerprint density at radius 2 is 2.38 bits per heavy atom. The summed E-state index contributed by atoms with van der Waals surface area (Å²) in [4.78, 5) is 18.5. The lowest BCUT2D eigenvalue weighted by Crippen LogP contribution is -2.35. The third kappa shape index (κ3) is 3.64. The lowest BCUT2D eigenvalue weighted by Gasteiger charge is -2.28. The van der Waals surface area contributed by atoms with Crippen LogP contribution in [0.25, 0.3) is 0 Å². The Morgan fingerprint density at radius 1 is 1.48 bits per heavy atom. The lowest BCUT2D eigenvalue weighted by atomic mass is 9.97. The molecule has 2 aliphatic heterocycles. The van der Waals surface area contributed by atoms with E-state index < -0.39 is 0 Å². The first-order chi connectivity index (χ1) is 10.2. The first kappa shape index (κ1) is 14.6. The molecular weight excluding hydrogens is 266 g/mol. The fourth-order valence-electron chi connectivity index (χ4n) is 3.39. The number of hydrogen-bond donors (Lipinski definition) is 0. The van der Waals surface area contributed by atoms with E-state index in [1.165, 1.54) is 0 Å². The molecule has 5 nitrogen and oxygen atoms in total. The van der Waals surface area contributed by atoms with Crippen molar-refractivity contribution in [3.05, 3.63) is 18.2 Å². The van der Waals surface area contributed by atoms with Crippen LogP contribution in [0.1, 0.15) is 31.5 Å². The van der Waals surface area contributed by atoms with Gasteiger partial charge in [0.05, 0.1) is 0 Å². The molecule has 1 amide bonds. The minimum absolute atomic E-state index is 0.274. The molecule has 3 heterocycles. The molecule has 0 unspecified atom stereocenters. The Hall–Kier alpha value is -1.36. The molecule has 0 aliphatic carbocycles. The smallest absolute Gasteiger partial charge is 0.222 e. The van der Waals surface area contributed by atoms with E-state index in [1.807, 2.05) is 24.3 Å². The van der Waals surface area contributed by atoms with Gasteiger partial charge in [0.2, 0.25) is 5.91 Å². The van der Waals surface area contributed by atoms with Crippen LogP contribution >= 0.6 is 0 Å². The maximum absolute atomic E-state index is 12.2. The highest BCUT2D eigenvalue weighted by Gasteiger charge is 2.23. The Labute approximate surface area is 126 Å². The standard InChI is InChI=1S/C16H25N3O2/c1-18(16(20)3-2-13-5-9-21-12-13)11-14-4-7-19-8-6-17-15(19)10-14/h6,8,13-14H,2-5,7,9-12H2,1H3/t13-,14-/m0/s1. The number of aryl methyl sites for hydroxylation is 1. The summed E-state index contributed by atoms with van der Waals surface area (Å²) >= 11 is 0. The second kappa shape index (κ2) is 6.60. The van der Waals surface area contributed by atoms with Crippen molar-refractivity contribution in [3.63, 3.8) is 0 Å². The van der Waals surface area contributed by atoms with E-state index in [4.69, 9.17) is 4.74 Å². The maximum Gasteiger partial charge on any atom is 0.222 e. The zero-order valence-electron chi connectivity index (χ0n) is 12.8. The van der Waals surface area contributed by atoms with Gasteiger partial charge < -0.3 is 14.2 Å². The molecule has 1 saturated heterocycles. The maximum atomic E-state index is 12.2. The molecule has 0 saturated carbocycles. The Bertz CT molecular complexity index is 480. The normalized spacial score (nSPS) is 24.8. The van der Waals surface area contributed by atoms with E-state index in [2.05, 4.69) is 9.55 Å². The van der Waals surface area contributed by atoms with Gasteiger partial charge in [0, 0.05) is 58.6 Å². The van der Waals surface area contributed by atoms with Crippen LogP contribution in [0.3, 0.4) is 0 Å². The predicted octanol–water partition coefficient (Wildman–Crippen LogP) is 1.72. The second-order valence-corrected chi connectivity index (χ2v) is 6.44. The monoisotopic (exact) mass is 291 g/mol. The molecule has 0 spiro atoms. The molecule has 3 rings (SSSR count).